The van der Waals surface area contributed by atoms with Gasteiger partial charge in [0.1, 0.15) is 11.5 Å². The number of carbonyl (C=O) groups is 1. The van der Waals surface area contributed by atoms with Crippen molar-refractivity contribution >= 4 is 27.4 Å². The number of ketones is 1. The largest absolute Gasteiger partial charge is 0.457 e. The lowest BCUT2D eigenvalue weighted by Gasteiger charge is -2.08. The molecule has 1 N–H and O–H groups in total. The number of hydrogen-bond acceptors (Lipinski definition) is 3. The minimum atomic E-state index is 0.129. The minimum absolute atomic E-state index is 0.129. The average molecular weight is 396 g/mol. The van der Waals surface area contributed by atoms with Crippen LogP contribution in [0.15, 0.2) is 83.3 Å². The van der Waals surface area contributed by atoms with Crippen molar-refractivity contribution in [2.24, 2.45) is 0 Å². The predicted octanol–water partition coefficient (Wildman–Crippen LogP) is 5.93. The predicted molar refractivity (Wildman–Crippen MR) is 105 cm³/mol. The zero-order valence-corrected chi connectivity index (χ0v) is 15.2. The fourth-order valence-electron chi connectivity index (χ4n) is 2.37. The van der Waals surface area contributed by atoms with E-state index in [9.17, 15) is 4.79 Å². The van der Waals surface area contributed by atoms with E-state index in [1.165, 1.54) is 0 Å². The number of halogens is 1. The molecule has 0 unspecified atom stereocenters. The summed E-state index contributed by atoms with van der Waals surface area (Å²) in [5.41, 5.74) is 1.70. The molecule has 0 bridgehead atoms. The summed E-state index contributed by atoms with van der Waals surface area (Å²) in [4.78, 5) is 12.1. The second-order valence-corrected chi connectivity index (χ2v) is 6.46. The summed E-state index contributed by atoms with van der Waals surface area (Å²) >= 11 is 3.37. The zero-order chi connectivity index (χ0) is 17.5. The Balaban J connectivity index is 1.48. The maximum absolute atomic E-state index is 12.1. The smallest absolute Gasteiger partial charge is 0.164 e. The maximum atomic E-state index is 12.1. The van der Waals surface area contributed by atoms with Crippen molar-refractivity contribution < 1.29 is 9.53 Å². The number of Topliss-reactive ketones (excluding diaryl/α,β-unsaturated/α-hetero) is 1. The third-order valence-corrected chi connectivity index (χ3v) is 4.21. The summed E-state index contributed by atoms with van der Waals surface area (Å²) in [6, 6.07) is 24.8. The monoisotopic (exact) mass is 395 g/mol. The summed E-state index contributed by atoms with van der Waals surface area (Å²) in [6.07, 6.45) is 0.448. The first kappa shape index (κ1) is 17.2. The van der Waals surface area contributed by atoms with Crippen LogP contribution in [0.2, 0.25) is 0 Å². The molecule has 0 saturated carbocycles. The Morgan fingerprint density at radius 1 is 0.840 bits per heavy atom. The molecule has 0 saturated heterocycles. The summed E-state index contributed by atoms with van der Waals surface area (Å²) in [5.74, 6) is 1.72. The molecule has 3 aromatic carbocycles. The Morgan fingerprint density at radius 2 is 1.48 bits per heavy atom. The fraction of sp³-hybridized carbons (Fsp3) is 0.0952. The van der Waals surface area contributed by atoms with Crippen LogP contribution in [0.4, 0.5) is 5.69 Å². The van der Waals surface area contributed by atoms with Gasteiger partial charge in [0.15, 0.2) is 5.78 Å². The molecule has 0 amide bonds. The molecule has 0 aliphatic carbocycles. The highest BCUT2D eigenvalue weighted by Crippen LogP contribution is 2.22. The van der Waals surface area contributed by atoms with Crippen molar-refractivity contribution in [3.63, 3.8) is 0 Å². The third kappa shape index (κ3) is 5.19. The molecule has 0 spiro atoms. The molecule has 126 valence electrons. The van der Waals surface area contributed by atoms with Crippen molar-refractivity contribution in [1.82, 2.24) is 0 Å². The number of ether oxygens (including phenoxy) is 1. The second kappa shape index (κ2) is 8.49. The Morgan fingerprint density at radius 3 is 2.16 bits per heavy atom. The number of benzene rings is 3. The van der Waals surface area contributed by atoms with Crippen LogP contribution in [-0.4, -0.2) is 12.3 Å². The number of para-hydroxylation sites is 1. The van der Waals surface area contributed by atoms with Crippen molar-refractivity contribution in [1.29, 1.82) is 0 Å². The molecule has 0 aliphatic heterocycles. The highest BCUT2D eigenvalue weighted by molar-refractivity contribution is 9.10. The molecule has 3 aromatic rings. The van der Waals surface area contributed by atoms with Crippen molar-refractivity contribution in [2.75, 3.05) is 11.9 Å². The number of hydrogen-bond donors (Lipinski definition) is 1. The number of anilines is 1. The lowest BCUT2D eigenvalue weighted by molar-refractivity contribution is 0.0986. The summed E-state index contributed by atoms with van der Waals surface area (Å²) in [6.45, 7) is 0.591. The third-order valence-electron chi connectivity index (χ3n) is 3.68. The molecule has 0 atom stereocenters. The van der Waals surface area contributed by atoms with Crippen LogP contribution in [0.5, 0.6) is 11.5 Å². The first-order valence-electron chi connectivity index (χ1n) is 8.06. The summed E-state index contributed by atoms with van der Waals surface area (Å²) < 4.78 is 6.73. The standard InChI is InChI=1S/C21H18BrNO2/c22-17-8-6-16(7-9-17)21(24)14-15-23-18-10-12-20(13-11-18)25-19-4-2-1-3-5-19/h1-13,23H,14-15H2. The van der Waals surface area contributed by atoms with E-state index in [4.69, 9.17) is 4.74 Å². The molecule has 25 heavy (non-hydrogen) atoms. The van der Waals surface area contributed by atoms with Crippen molar-refractivity contribution in [2.45, 2.75) is 6.42 Å². The molecule has 0 aromatic heterocycles. The van der Waals surface area contributed by atoms with Crippen LogP contribution in [0.3, 0.4) is 0 Å². The second-order valence-electron chi connectivity index (χ2n) is 5.55. The molecule has 0 heterocycles. The van der Waals surface area contributed by atoms with Gasteiger partial charge in [-0.2, -0.15) is 0 Å². The van der Waals surface area contributed by atoms with Gasteiger partial charge in [-0.25, -0.2) is 0 Å². The lowest BCUT2D eigenvalue weighted by Crippen LogP contribution is -2.08. The van der Waals surface area contributed by atoms with Gasteiger partial charge >= 0.3 is 0 Å². The van der Waals surface area contributed by atoms with Crippen LogP contribution >= 0.6 is 15.9 Å². The van der Waals surface area contributed by atoms with Gasteiger partial charge in [0.2, 0.25) is 0 Å². The van der Waals surface area contributed by atoms with Crippen LogP contribution in [0.25, 0.3) is 0 Å². The van der Waals surface area contributed by atoms with Gasteiger partial charge in [0.05, 0.1) is 0 Å². The van der Waals surface area contributed by atoms with E-state index in [0.29, 0.717) is 13.0 Å². The number of nitrogens with one attached hydrogen (secondary N) is 1. The molecular formula is C21H18BrNO2. The number of rotatable bonds is 7. The Labute approximate surface area is 155 Å². The molecule has 4 heteroatoms. The zero-order valence-electron chi connectivity index (χ0n) is 13.6. The van der Waals surface area contributed by atoms with Crippen LogP contribution in [-0.2, 0) is 0 Å². The van der Waals surface area contributed by atoms with E-state index in [-0.39, 0.29) is 5.78 Å². The Bertz CT molecular complexity index is 815. The van der Waals surface area contributed by atoms with Gasteiger partial charge in [0, 0.05) is 28.7 Å². The average Bonchev–Trinajstić information content (AvgIpc) is 2.64. The van der Waals surface area contributed by atoms with Gasteiger partial charge in [0.25, 0.3) is 0 Å². The Hall–Kier alpha value is -2.59. The van der Waals surface area contributed by atoms with E-state index in [1.807, 2.05) is 78.9 Å². The topological polar surface area (TPSA) is 38.3 Å². The van der Waals surface area contributed by atoms with Gasteiger partial charge in [-0.05, 0) is 48.5 Å². The highest BCUT2D eigenvalue weighted by atomic mass is 79.9. The van der Waals surface area contributed by atoms with E-state index in [1.54, 1.807) is 0 Å². The molecule has 3 rings (SSSR count). The lowest BCUT2D eigenvalue weighted by atomic mass is 10.1. The first-order valence-corrected chi connectivity index (χ1v) is 8.85. The van der Waals surface area contributed by atoms with Gasteiger partial charge < -0.3 is 10.1 Å². The molecule has 0 fully saturated rings. The van der Waals surface area contributed by atoms with Crippen LogP contribution in [0.1, 0.15) is 16.8 Å². The van der Waals surface area contributed by atoms with Gasteiger partial charge in [-0.3, -0.25) is 4.79 Å². The van der Waals surface area contributed by atoms with E-state index in [0.717, 1.165) is 27.2 Å². The van der Waals surface area contributed by atoms with Gasteiger partial charge in [-0.15, -0.1) is 0 Å². The first-order chi connectivity index (χ1) is 12.2. The van der Waals surface area contributed by atoms with Crippen LogP contribution < -0.4 is 10.1 Å². The van der Waals surface area contributed by atoms with E-state index in [2.05, 4.69) is 21.2 Å². The van der Waals surface area contributed by atoms with E-state index < -0.39 is 0 Å². The maximum Gasteiger partial charge on any atom is 0.164 e. The quantitative estimate of drug-likeness (QED) is 0.504. The molecular weight excluding hydrogens is 378 g/mol. The summed E-state index contributed by atoms with van der Waals surface area (Å²) in [5, 5.41) is 3.26. The normalized spacial score (nSPS) is 10.3. The summed E-state index contributed by atoms with van der Waals surface area (Å²) in [7, 11) is 0. The Kier molecular flexibility index (Phi) is 5.86. The molecule has 0 radical (unpaired) electrons. The number of carbonyl (C=O) groups excluding carboxylic acids is 1. The minimum Gasteiger partial charge on any atom is -0.457 e. The van der Waals surface area contributed by atoms with Crippen molar-refractivity contribution in [3.8, 4) is 11.5 Å². The van der Waals surface area contributed by atoms with E-state index >= 15 is 0 Å². The SMILES string of the molecule is O=C(CCNc1ccc(Oc2ccccc2)cc1)c1ccc(Br)cc1. The highest BCUT2D eigenvalue weighted by Gasteiger charge is 2.05. The van der Waals surface area contributed by atoms with Crippen molar-refractivity contribution in [3.05, 3.63) is 88.9 Å². The van der Waals surface area contributed by atoms with Gasteiger partial charge in [-0.1, -0.05) is 46.3 Å². The molecule has 0 aliphatic rings. The molecule has 3 nitrogen and oxygen atoms in total. The fourth-order valence-corrected chi connectivity index (χ4v) is 2.63. The van der Waals surface area contributed by atoms with Crippen LogP contribution in [0, 0.1) is 0 Å².